The van der Waals surface area contributed by atoms with Crippen molar-refractivity contribution in [3.8, 4) is 5.75 Å². The first-order valence-corrected chi connectivity index (χ1v) is 27.4. The van der Waals surface area contributed by atoms with E-state index >= 15 is 0 Å². The van der Waals surface area contributed by atoms with E-state index < -0.39 is 194 Å². The summed E-state index contributed by atoms with van der Waals surface area (Å²) in [5.41, 5.74) is 17.1. The first-order valence-electron chi connectivity index (χ1n) is 26.8. The molecule has 0 aliphatic heterocycles. The lowest BCUT2D eigenvalue weighted by molar-refractivity contribution is -0.142. The number of nitrogens with one attached hydrogen (secondary N) is 11. The highest BCUT2D eigenvalue weighted by Gasteiger charge is 2.38. The fourth-order valence-electron chi connectivity index (χ4n) is 7.89. The van der Waals surface area contributed by atoms with Gasteiger partial charge in [0, 0.05) is 38.0 Å². The van der Waals surface area contributed by atoms with Crippen LogP contribution in [0.3, 0.4) is 0 Å². The molecule has 2 aromatic carbocycles. The Balaban J connectivity index is 2.43. The van der Waals surface area contributed by atoms with Crippen molar-refractivity contribution in [1.82, 2.24) is 53.2 Å². The second-order valence-electron chi connectivity index (χ2n) is 19.8. The Hall–Kier alpha value is -9.19. The van der Waals surface area contributed by atoms with Crippen molar-refractivity contribution in [2.75, 3.05) is 18.9 Å². The molecular weight excluding hydrogens is 1170 g/mol. The number of rotatable bonds is 39. The lowest BCUT2D eigenvalue weighted by Gasteiger charge is -2.29. The molecule has 0 heterocycles. The molecule has 0 fully saturated rings. The fourth-order valence-corrected chi connectivity index (χ4v) is 8.05. The summed E-state index contributed by atoms with van der Waals surface area (Å²) in [5, 5.41) is 101. The smallest absolute Gasteiger partial charge is 0.326 e. The van der Waals surface area contributed by atoms with Crippen LogP contribution in [0.15, 0.2) is 54.6 Å². The number of aliphatic carboxylic acids is 3. The van der Waals surface area contributed by atoms with Crippen LogP contribution in [0, 0.1) is 5.41 Å². The molecule has 0 aliphatic rings. The molecule has 0 radical (unpaired) electrons. The number of benzene rings is 2. The number of phenolic OH excluding ortho intramolecular Hbond substituents is 1. The zero-order valence-corrected chi connectivity index (χ0v) is 48.1. The number of phenols is 1. The third kappa shape index (κ3) is 27.2. The Labute approximate surface area is 502 Å². The van der Waals surface area contributed by atoms with Gasteiger partial charge in [0.2, 0.25) is 59.1 Å². The maximum Gasteiger partial charge on any atom is 0.326 e. The number of aliphatic hydroxyl groups excluding tert-OH is 3. The van der Waals surface area contributed by atoms with Crippen LogP contribution in [0.2, 0.25) is 0 Å². The Kier molecular flexibility index (Phi) is 31.7. The molecule has 0 unspecified atom stereocenters. The van der Waals surface area contributed by atoms with E-state index in [9.17, 15) is 98.1 Å². The maximum absolute atomic E-state index is 14.2. The van der Waals surface area contributed by atoms with Gasteiger partial charge < -0.3 is 106 Å². The maximum atomic E-state index is 14.2. The quantitative estimate of drug-likeness (QED) is 0.0128. The number of carboxylic acids is 3. The molecule has 2 aromatic rings. The summed E-state index contributed by atoms with van der Waals surface area (Å²) in [6, 6.07) is -4.25. The second kappa shape index (κ2) is 37.3. The average molecular weight is 1250 g/mol. The number of aliphatic hydroxyl groups is 3. The monoisotopic (exact) mass is 1250 g/mol. The van der Waals surface area contributed by atoms with Gasteiger partial charge in [-0.15, -0.1) is 0 Å². The number of carboxylic acid groups (broad SMARTS) is 3. The minimum atomic E-state index is -2.09. The molecule has 0 bridgehead atoms. The van der Waals surface area contributed by atoms with Crippen LogP contribution in [0.25, 0.3) is 0 Å². The standard InChI is InChI=1S/C52H76N14O20S/c1-24(68)40(66-45(79)32(15-17-38(72)73)59-48(82)36(22-67)64-47(81)34(21-39(74)75)61-43(77)31(14-16-37(54)71)58-42(76)29(53)23-87)49(83)60-30(9-6-18-57-52(55)56)44(78)65-41(25(2)69)50(84)62-33(19-26-7-4-3-5-8-26)46(80)63-35(51(85)86)20-27-10-12-28(70)13-11-27/h3-5,7-8,10-13,24-25,29-36,40-41,67-70,87H,6,9,14-23,53H2,1-2H3,(H2,54,71)(H,58,76)(H,59,82)(H,60,83)(H,61,77)(H,62,84)(H,63,80)(H,64,81)(H,65,78)(H,66,79)(H,72,73)(H,74,75)(H,85,86)(H4,55,56,57)/t24-,25-,29+,30+,31+,32+,33+,34+,35+,36+,40+,41+/m1/s1. The molecule has 0 saturated carbocycles. The van der Waals surface area contributed by atoms with Gasteiger partial charge >= 0.3 is 17.9 Å². The first kappa shape index (κ1) is 73.9. The van der Waals surface area contributed by atoms with E-state index in [0.29, 0.717) is 11.1 Å². The number of hydrogen-bond donors (Lipinski definition) is 22. The van der Waals surface area contributed by atoms with E-state index in [-0.39, 0.29) is 43.7 Å². The predicted molar refractivity (Wildman–Crippen MR) is 306 cm³/mol. The Bertz CT molecular complexity index is 2740. The number of primary amides is 1. The van der Waals surface area contributed by atoms with Gasteiger partial charge in [-0.1, -0.05) is 42.5 Å². The Morgan fingerprint density at radius 3 is 1.41 bits per heavy atom. The summed E-state index contributed by atoms with van der Waals surface area (Å²) in [5.74, 6) is -17.5. The van der Waals surface area contributed by atoms with E-state index in [1.54, 1.807) is 30.3 Å². The van der Waals surface area contributed by atoms with E-state index in [0.717, 1.165) is 13.8 Å². The van der Waals surface area contributed by atoms with E-state index in [1.165, 1.54) is 24.3 Å². The molecular formula is C52H76N14O20S. The molecule has 10 amide bonds. The van der Waals surface area contributed by atoms with Crippen molar-refractivity contribution < 1.29 is 98.1 Å². The molecule has 0 spiro atoms. The lowest BCUT2D eigenvalue weighted by Crippen LogP contribution is -2.63. The topological polar surface area (TPSA) is 586 Å². The largest absolute Gasteiger partial charge is 0.508 e. The number of carbonyl (C=O) groups is 13. The van der Waals surface area contributed by atoms with Gasteiger partial charge in [-0.2, -0.15) is 12.6 Å². The van der Waals surface area contributed by atoms with Crippen LogP contribution in [0.4, 0.5) is 0 Å². The minimum Gasteiger partial charge on any atom is -0.508 e. The summed E-state index contributed by atoms with van der Waals surface area (Å²) in [6.07, 6.45) is -8.30. The van der Waals surface area contributed by atoms with Crippen molar-refractivity contribution in [2.24, 2.45) is 17.2 Å². The van der Waals surface area contributed by atoms with Gasteiger partial charge in [0.25, 0.3) is 0 Å². The number of amides is 10. The third-order valence-corrected chi connectivity index (χ3v) is 13.0. The number of aromatic hydroxyl groups is 1. The summed E-state index contributed by atoms with van der Waals surface area (Å²) in [7, 11) is 0. The molecule has 35 heteroatoms. The summed E-state index contributed by atoms with van der Waals surface area (Å²) in [6.45, 7) is 0.703. The number of carbonyl (C=O) groups excluding carboxylic acids is 10. The summed E-state index contributed by atoms with van der Waals surface area (Å²) >= 11 is 3.90. The molecule has 0 aromatic heterocycles. The summed E-state index contributed by atoms with van der Waals surface area (Å²) in [4.78, 5) is 170. The molecule has 0 aliphatic carbocycles. The van der Waals surface area contributed by atoms with Crippen molar-refractivity contribution in [2.45, 2.75) is 144 Å². The molecule has 0 saturated heterocycles. The van der Waals surface area contributed by atoms with Gasteiger partial charge in [0.1, 0.15) is 60.1 Å². The predicted octanol–water partition coefficient (Wildman–Crippen LogP) is -7.50. The van der Waals surface area contributed by atoms with Crippen LogP contribution in [-0.2, 0) is 75.2 Å². The van der Waals surface area contributed by atoms with Gasteiger partial charge in [0.15, 0.2) is 5.96 Å². The Morgan fingerprint density at radius 1 is 0.517 bits per heavy atom. The van der Waals surface area contributed by atoms with Gasteiger partial charge in [0.05, 0.1) is 31.3 Å². The molecule has 12 atom stereocenters. The number of guanidine groups is 1. The highest BCUT2D eigenvalue weighted by molar-refractivity contribution is 7.80. The zero-order chi connectivity index (χ0) is 65.7. The number of hydrogen-bond acceptors (Lipinski definition) is 20. The minimum absolute atomic E-state index is 0.0692. The third-order valence-electron chi connectivity index (χ3n) is 12.6. The van der Waals surface area contributed by atoms with Crippen molar-refractivity contribution in [1.29, 1.82) is 5.41 Å². The summed E-state index contributed by atoms with van der Waals surface area (Å²) < 4.78 is 0. The lowest BCUT2D eigenvalue weighted by atomic mass is 10.0. The van der Waals surface area contributed by atoms with Crippen LogP contribution < -0.4 is 70.4 Å². The second-order valence-corrected chi connectivity index (χ2v) is 20.1. The SMILES string of the molecule is C[C@@H](O)[C@H](NC(=O)[C@H](CCCNC(=N)N)NC(=O)[C@@H](NC(=O)[C@H](CCC(=O)O)NC(=O)[C@H](CO)NC(=O)[C@H](CC(=O)O)NC(=O)[C@H](CCC(N)=O)NC(=O)[C@@H](N)CS)[C@@H](C)O)C(=O)N[C@@H](Cc1ccccc1)C(=O)N[C@@H](Cc1ccc(O)cc1)C(=O)O. The van der Waals surface area contributed by atoms with E-state index in [1.807, 2.05) is 5.32 Å². The van der Waals surface area contributed by atoms with Crippen molar-refractivity contribution >= 4 is 95.6 Å². The molecule has 87 heavy (non-hydrogen) atoms. The average Bonchev–Trinajstić information content (AvgIpc) is 3.05. The van der Waals surface area contributed by atoms with Crippen molar-refractivity contribution in [3.63, 3.8) is 0 Å². The van der Waals surface area contributed by atoms with Gasteiger partial charge in [-0.3, -0.25) is 62.9 Å². The van der Waals surface area contributed by atoms with Crippen LogP contribution in [-0.4, -0.2) is 210 Å². The molecule has 24 N–H and O–H groups in total. The number of thiol groups is 1. The normalized spacial score (nSPS) is 15.1. The first-order chi connectivity index (χ1) is 40.9. The Morgan fingerprint density at radius 2 is 0.931 bits per heavy atom. The highest BCUT2D eigenvalue weighted by Crippen LogP contribution is 2.14. The number of nitrogens with two attached hydrogens (primary N) is 3. The van der Waals surface area contributed by atoms with Gasteiger partial charge in [-0.05, 0) is 62.8 Å². The van der Waals surface area contributed by atoms with Crippen molar-refractivity contribution in [3.05, 3.63) is 65.7 Å². The molecule has 34 nitrogen and oxygen atoms in total. The van der Waals surface area contributed by atoms with E-state index in [2.05, 4.69) is 60.5 Å². The molecule has 2 rings (SSSR count). The highest BCUT2D eigenvalue weighted by atomic mass is 32.1. The zero-order valence-electron chi connectivity index (χ0n) is 47.2. The molecule has 480 valence electrons. The van der Waals surface area contributed by atoms with Gasteiger partial charge in [-0.25, -0.2) is 4.79 Å². The van der Waals surface area contributed by atoms with Crippen LogP contribution in [0.1, 0.15) is 69.9 Å². The van der Waals surface area contributed by atoms with E-state index in [4.69, 9.17) is 22.6 Å². The van der Waals surface area contributed by atoms with Crippen LogP contribution >= 0.6 is 12.6 Å². The fraction of sp³-hybridized carbons (Fsp3) is 0.500. The van der Waals surface area contributed by atoms with Crippen LogP contribution in [0.5, 0.6) is 5.75 Å².